The van der Waals surface area contributed by atoms with Gasteiger partial charge in [-0.15, -0.1) is 0 Å². The van der Waals surface area contributed by atoms with Gasteiger partial charge in [-0.05, 0) is 44.0 Å². The fraction of sp³-hybridized carbons (Fsp3) is 0.500. The quantitative estimate of drug-likeness (QED) is 0.868. The van der Waals surface area contributed by atoms with Gasteiger partial charge in [-0.1, -0.05) is 28.1 Å². The van der Waals surface area contributed by atoms with Crippen molar-refractivity contribution in [1.82, 2.24) is 4.90 Å². The van der Waals surface area contributed by atoms with Crippen LogP contribution in [0, 0.1) is 5.92 Å². The number of hydrogen-bond donors (Lipinski definition) is 1. The Hall–Kier alpha value is -0.710. The molecule has 1 aromatic carbocycles. The summed E-state index contributed by atoms with van der Waals surface area (Å²) in [6.07, 6.45) is 1.98. The van der Waals surface area contributed by atoms with Gasteiger partial charge in [0.2, 0.25) is 0 Å². The minimum Gasteiger partial charge on any atom is -0.396 e. The predicted molar refractivity (Wildman–Crippen MR) is 74.7 cm³/mol. The van der Waals surface area contributed by atoms with Gasteiger partial charge in [0.25, 0.3) is 0 Å². The molecular formula is C14H18BrNO2. The number of hydrogen-bond acceptors (Lipinski definition) is 3. The van der Waals surface area contributed by atoms with Gasteiger partial charge in [0, 0.05) is 16.6 Å². The molecule has 1 heterocycles. The van der Waals surface area contributed by atoms with Crippen LogP contribution in [-0.2, 0) is 0 Å². The SMILES string of the molecule is O=C(CN1CCC(CO)CC1)c1ccc(Br)cc1. The third kappa shape index (κ3) is 3.64. The molecule has 1 aliphatic rings. The molecule has 18 heavy (non-hydrogen) atoms. The van der Waals surface area contributed by atoms with E-state index in [1.54, 1.807) is 0 Å². The normalized spacial score (nSPS) is 17.9. The van der Waals surface area contributed by atoms with Crippen molar-refractivity contribution >= 4 is 21.7 Å². The Kier molecular flexibility index (Phi) is 4.92. The molecular weight excluding hydrogens is 294 g/mol. The van der Waals surface area contributed by atoms with Crippen molar-refractivity contribution in [2.45, 2.75) is 12.8 Å². The smallest absolute Gasteiger partial charge is 0.176 e. The topological polar surface area (TPSA) is 40.5 Å². The van der Waals surface area contributed by atoms with Gasteiger partial charge in [-0.25, -0.2) is 0 Å². The Balaban J connectivity index is 1.86. The van der Waals surface area contributed by atoms with Crippen LogP contribution in [0.4, 0.5) is 0 Å². The lowest BCUT2D eigenvalue weighted by atomic mass is 9.97. The minimum absolute atomic E-state index is 0.171. The zero-order valence-corrected chi connectivity index (χ0v) is 11.9. The van der Waals surface area contributed by atoms with E-state index >= 15 is 0 Å². The average molecular weight is 312 g/mol. The van der Waals surface area contributed by atoms with Gasteiger partial charge in [0.1, 0.15) is 0 Å². The van der Waals surface area contributed by atoms with E-state index in [9.17, 15) is 4.79 Å². The molecule has 0 unspecified atom stereocenters. The van der Waals surface area contributed by atoms with Gasteiger partial charge < -0.3 is 5.11 Å². The number of piperidine rings is 1. The van der Waals surface area contributed by atoms with Crippen LogP contribution in [0.25, 0.3) is 0 Å². The molecule has 1 aromatic rings. The number of halogens is 1. The first-order chi connectivity index (χ1) is 8.69. The summed E-state index contributed by atoms with van der Waals surface area (Å²) in [5.41, 5.74) is 0.766. The van der Waals surface area contributed by atoms with E-state index in [0.29, 0.717) is 12.5 Å². The van der Waals surface area contributed by atoms with Crippen LogP contribution in [0.1, 0.15) is 23.2 Å². The molecule has 0 saturated carbocycles. The Morgan fingerprint density at radius 2 is 1.89 bits per heavy atom. The number of carbonyl (C=O) groups excluding carboxylic acids is 1. The maximum atomic E-state index is 12.1. The summed E-state index contributed by atoms with van der Waals surface area (Å²) in [6.45, 7) is 2.58. The Bertz CT molecular complexity index is 397. The van der Waals surface area contributed by atoms with Crippen molar-refractivity contribution in [3.63, 3.8) is 0 Å². The first-order valence-corrected chi connectivity index (χ1v) is 7.10. The number of benzene rings is 1. The lowest BCUT2D eigenvalue weighted by molar-refractivity contribution is 0.0864. The van der Waals surface area contributed by atoms with E-state index < -0.39 is 0 Å². The molecule has 0 atom stereocenters. The van der Waals surface area contributed by atoms with Crippen LogP contribution in [0.3, 0.4) is 0 Å². The van der Waals surface area contributed by atoms with Gasteiger partial charge in [-0.2, -0.15) is 0 Å². The Morgan fingerprint density at radius 3 is 2.44 bits per heavy atom. The maximum absolute atomic E-state index is 12.1. The number of rotatable bonds is 4. The molecule has 0 bridgehead atoms. The zero-order chi connectivity index (χ0) is 13.0. The standard InChI is InChI=1S/C14H18BrNO2/c15-13-3-1-12(2-4-13)14(18)9-16-7-5-11(10-17)6-8-16/h1-4,11,17H,5-10H2. The predicted octanol–water partition coefficient (Wildman–Crippen LogP) is 2.34. The number of ketones is 1. The van der Waals surface area contributed by atoms with Crippen LogP contribution in [0.5, 0.6) is 0 Å². The molecule has 0 aliphatic carbocycles. The number of carbonyl (C=O) groups is 1. The molecule has 0 radical (unpaired) electrons. The summed E-state index contributed by atoms with van der Waals surface area (Å²) in [6, 6.07) is 7.50. The molecule has 1 saturated heterocycles. The summed E-state index contributed by atoms with van der Waals surface area (Å²) in [5.74, 6) is 0.592. The van der Waals surface area contributed by atoms with Gasteiger partial charge in [-0.3, -0.25) is 9.69 Å². The monoisotopic (exact) mass is 311 g/mol. The first kappa shape index (κ1) is 13.7. The Morgan fingerprint density at radius 1 is 1.28 bits per heavy atom. The summed E-state index contributed by atoms with van der Waals surface area (Å²) in [7, 11) is 0. The van der Waals surface area contributed by atoms with Crippen molar-refractivity contribution < 1.29 is 9.90 Å². The minimum atomic E-state index is 0.171. The lowest BCUT2D eigenvalue weighted by Gasteiger charge is -2.30. The number of aliphatic hydroxyl groups is 1. The second-order valence-corrected chi connectivity index (χ2v) is 5.75. The average Bonchev–Trinajstić information content (AvgIpc) is 2.40. The lowest BCUT2D eigenvalue weighted by Crippen LogP contribution is -2.38. The van der Waals surface area contributed by atoms with Crippen molar-refractivity contribution in [2.75, 3.05) is 26.2 Å². The molecule has 4 heteroatoms. The van der Waals surface area contributed by atoms with E-state index in [0.717, 1.165) is 36.0 Å². The highest BCUT2D eigenvalue weighted by molar-refractivity contribution is 9.10. The summed E-state index contributed by atoms with van der Waals surface area (Å²) >= 11 is 3.36. The number of aliphatic hydroxyl groups excluding tert-OH is 1. The molecule has 0 amide bonds. The highest BCUT2D eigenvalue weighted by atomic mass is 79.9. The largest absolute Gasteiger partial charge is 0.396 e. The van der Waals surface area contributed by atoms with Crippen molar-refractivity contribution in [1.29, 1.82) is 0 Å². The van der Waals surface area contributed by atoms with Crippen LogP contribution in [0.2, 0.25) is 0 Å². The van der Waals surface area contributed by atoms with Crippen LogP contribution >= 0.6 is 15.9 Å². The second-order valence-electron chi connectivity index (χ2n) is 4.83. The summed E-state index contributed by atoms with van der Waals surface area (Å²) in [4.78, 5) is 14.2. The van der Waals surface area contributed by atoms with Crippen LogP contribution in [-0.4, -0.2) is 42.0 Å². The summed E-state index contributed by atoms with van der Waals surface area (Å²) in [5, 5.41) is 9.07. The van der Waals surface area contributed by atoms with Gasteiger partial charge in [0.05, 0.1) is 6.54 Å². The highest BCUT2D eigenvalue weighted by Crippen LogP contribution is 2.17. The van der Waals surface area contributed by atoms with Crippen molar-refractivity contribution in [3.8, 4) is 0 Å². The van der Waals surface area contributed by atoms with E-state index in [2.05, 4.69) is 20.8 Å². The maximum Gasteiger partial charge on any atom is 0.176 e. The molecule has 1 fully saturated rings. The van der Waals surface area contributed by atoms with E-state index in [-0.39, 0.29) is 12.4 Å². The number of Topliss-reactive ketones (excluding diaryl/α,β-unsaturated/α-hetero) is 1. The third-order valence-electron chi connectivity index (χ3n) is 3.50. The Labute approximate surface area is 116 Å². The van der Waals surface area contributed by atoms with E-state index in [1.165, 1.54) is 0 Å². The summed E-state index contributed by atoms with van der Waals surface area (Å²) < 4.78 is 0.989. The molecule has 1 N–H and O–H groups in total. The van der Waals surface area contributed by atoms with Gasteiger partial charge in [0.15, 0.2) is 5.78 Å². The molecule has 2 rings (SSSR count). The van der Waals surface area contributed by atoms with Gasteiger partial charge >= 0.3 is 0 Å². The molecule has 0 aromatic heterocycles. The van der Waals surface area contributed by atoms with E-state index in [1.807, 2.05) is 24.3 Å². The van der Waals surface area contributed by atoms with Crippen LogP contribution in [0.15, 0.2) is 28.7 Å². The number of likely N-dealkylation sites (tertiary alicyclic amines) is 1. The molecule has 1 aliphatic heterocycles. The fourth-order valence-electron chi connectivity index (χ4n) is 2.26. The third-order valence-corrected chi connectivity index (χ3v) is 4.03. The fourth-order valence-corrected chi connectivity index (χ4v) is 2.52. The van der Waals surface area contributed by atoms with Crippen molar-refractivity contribution in [3.05, 3.63) is 34.3 Å². The van der Waals surface area contributed by atoms with E-state index in [4.69, 9.17) is 5.11 Å². The second kappa shape index (κ2) is 6.45. The van der Waals surface area contributed by atoms with Crippen molar-refractivity contribution in [2.24, 2.45) is 5.92 Å². The molecule has 3 nitrogen and oxygen atoms in total. The zero-order valence-electron chi connectivity index (χ0n) is 10.3. The highest BCUT2D eigenvalue weighted by Gasteiger charge is 2.20. The molecule has 98 valence electrons. The first-order valence-electron chi connectivity index (χ1n) is 6.31. The molecule has 0 spiro atoms. The van der Waals surface area contributed by atoms with Crippen LogP contribution < -0.4 is 0 Å². The number of nitrogens with zero attached hydrogens (tertiary/aromatic N) is 1.